The van der Waals surface area contributed by atoms with Crippen LogP contribution in [0.25, 0.3) is 11.1 Å². The van der Waals surface area contributed by atoms with Crippen LogP contribution in [0.2, 0.25) is 0 Å². The molecular weight excluding hydrogens is 476 g/mol. The summed E-state index contributed by atoms with van der Waals surface area (Å²) < 4.78 is 11.5. The second-order valence-electron chi connectivity index (χ2n) is 10.4. The molecule has 1 N–H and O–H groups in total. The second-order valence-corrected chi connectivity index (χ2v) is 10.4. The molecule has 3 aromatic rings. The van der Waals surface area contributed by atoms with Gasteiger partial charge in [0.2, 0.25) is 0 Å². The lowest BCUT2D eigenvalue weighted by Crippen LogP contribution is -2.22. The van der Waals surface area contributed by atoms with Gasteiger partial charge in [0.05, 0.1) is 18.1 Å². The Labute approximate surface area is 225 Å². The van der Waals surface area contributed by atoms with Gasteiger partial charge in [0.25, 0.3) is 0 Å². The van der Waals surface area contributed by atoms with Crippen LogP contribution >= 0.6 is 0 Å². The highest BCUT2D eigenvalue weighted by Crippen LogP contribution is 2.29. The maximum atomic E-state index is 12.7. The Morgan fingerprint density at radius 1 is 0.895 bits per heavy atom. The van der Waals surface area contributed by atoms with Crippen molar-refractivity contribution in [3.63, 3.8) is 0 Å². The quantitative estimate of drug-likeness (QED) is 0.152. The lowest BCUT2D eigenvalue weighted by Gasteiger charge is -2.21. The van der Waals surface area contributed by atoms with Crippen molar-refractivity contribution in [3.8, 4) is 22.6 Å². The van der Waals surface area contributed by atoms with Crippen molar-refractivity contribution in [2.24, 2.45) is 11.8 Å². The highest BCUT2D eigenvalue weighted by molar-refractivity contribution is 5.91. The third kappa shape index (κ3) is 7.47. The van der Waals surface area contributed by atoms with Gasteiger partial charge >= 0.3 is 11.9 Å². The summed E-state index contributed by atoms with van der Waals surface area (Å²) in [4.78, 5) is 24.0. The van der Waals surface area contributed by atoms with Crippen molar-refractivity contribution in [1.82, 2.24) is 0 Å². The number of rotatable bonds is 12. The van der Waals surface area contributed by atoms with Gasteiger partial charge in [-0.05, 0) is 90.3 Å². The van der Waals surface area contributed by atoms with Crippen LogP contribution in [0.1, 0.15) is 73.9 Å². The van der Waals surface area contributed by atoms with Crippen LogP contribution < -0.4 is 9.47 Å². The Morgan fingerprint density at radius 2 is 1.58 bits per heavy atom. The normalized spacial score (nSPS) is 15.4. The fourth-order valence-corrected chi connectivity index (χ4v) is 4.88. The van der Waals surface area contributed by atoms with E-state index in [1.807, 2.05) is 48.5 Å². The third-order valence-electron chi connectivity index (χ3n) is 7.58. The van der Waals surface area contributed by atoms with Crippen molar-refractivity contribution < 1.29 is 24.2 Å². The number of fused-ring (bicyclic) bond motifs is 1. The first-order chi connectivity index (χ1) is 18.4. The van der Waals surface area contributed by atoms with Gasteiger partial charge in [-0.1, -0.05) is 69.9 Å². The Kier molecular flexibility index (Phi) is 9.58. The molecule has 0 saturated heterocycles. The summed E-state index contributed by atoms with van der Waals surface area (Å²) in [7, 11) is 0. The van der Waals surface area contributed by atoms with Crippen molar-refractivity contribution in [2.75, 3.05) is 6.61 Å². The van der Waals surface area contributed by atoms with Crippen LogP contribution in [-0.4, -0.2) is 23.7 Å². The van der Waals surface area contributed by atoms with Gasteiger partial charge in [0.15, 0.2) is 0 Å². The van der Waals surface area contributed by atoms with Gasteiger partial charge in [-0.2, -0.15) is 0 Å². The minimum Gasteiger partial charge on any atom is -0.494 e. The molecule has 1 aliphatic rings. The van der Waals surface area contributed by atoms with E-state index in [1.54, 1.807) is 18.2 Å². The molecule has 0 heterocycles. The van der Waals surface area contributed by atoms with Crippen LogP contribution in [0.3, 0.4) is 0 Å². The number of carbonyl (C=O) groups excluding carboxylic acids is 1. The zero-order valence-electron chi connectivity index (χ0n) is 22.4. The summed E-state index contributed by atoms with van der Waals surface area (Å²) in [6.07, 6.45) is 7.90. The summed E-state index contributed by atoms with van der Waals surface area (Å²) in [5.74, 6) is 0.666. The zero-order chi connectivity index (χ0) is 26.9. The van der Waals surface area contributed by atoms with Gasteiger partial charge in [-0.3, -0.25) is 4.79 Å². The number of hydrogen-bond acceptors (Lipinski definition) is 4. The van der Waals surface area contributed by atoms with E-state index in [0.717, 1.165) is 46.9 Å². The number of ether oxygens (including phenoxy) is 2. The summed E-state index contributed by atoms with van der Waals surface area (Å²) in [5.41, 5.74) is 4.62. The molecule has 200 valence electrons. The van der Waals surface area contributed by atoms with Crippen LogP contribution in [-0.2, 0) is 17.6 Å². The van der Waals surface area contributed by atoms with E-state index in [0.29, 0.717) is 30.6 Å². The van der Waals surface area contributed by atoms with Gasteiger partial charge in [0, 0.05) is 0 Å². The summed E-state index contributed by atoms with van der Waals surface area (Å²) >= 11 is 0. The van der Waals surface area contributed by atoms with Crippen LogP contribution in [0.4, 0.5) is 0 Å². The van der Waals surface area contributed by atoms with Gasteiger partial charge in [-0.15, -0.1) is 0 Å². The van der Waals surface area contributed by atoms with Crippen LogP contribution in [0.5, 0.6) is 11.5 Å². The number of unbranched alkanes of at least 4 members (excludes halogenated alkanes) is 2. The Hall–Kier alpha value is -3.60. The fourth-order valence-electron chi connectivity index (χ4n) is 4.88. The first kappa shape index (κ1) is 27.4. The number of carbonyl (C=O) groups is 2. The summed E-state index contributed by atoms with van der Waals surface area (Å²) in [6, 6.07) is 20.9. The molecule has 0 saturated carbocycles. The van der Waals surface area contributed by atoms with E-state index >= 15 is 0 Å². The number of hydrogen-bond donors (Lipinski definition) is 1. The lowest BCUT2D eigenvalue weighted by molar-refractivity contribution is -0.142. The topological polar surface area (TPSA) is 72.8 Å². The molecule has 2 atom stereocenters. The van der Waals surface area contributed by atoms with E-state index in [4.69, 9.17) is 9.47 Å². The lowest BCUT2D eigenvalue weighted by atomic mass is 9.84. The molecule has 4 rings (SSSR count). The van der Waals surface area contributed by atoms with E-state index in [-0.39, 0.29) is 5.92 Å². The molecule has 0 aromatic heterocycles. The number of aliphatic carboxylic acids is 1. The summed E-state index contributed by atoms with van der Waals surface area (Å²) in [6.45, 7) is 5.30. The van der Waals surface area contributed by atoms with Gasteiger partial charge in [0.1, 0.15) is 11.5 Å². The highest BCUT2D eigenvalue weighted by Gasteiger charge is 2.24. The Morgan fingerprint density at radius 3 is 2.26 bits per heavy atom. The Bertz CT molecular complexity index is 1210. The molecule has 0 fully saturated rings. The predicted molar refractivity (Wildman–Crippen MR) is 150 cm³/mol. The molecule has 5 nitrogen and oxygen atoms in total. The molecule has 1 aliphatic carbocycles. The van der Waals surface area contributed by atoms with Gasteiger partial charge in [-0.25, -0.2) is 4.79 Å². The molecule has 5 heteroatoms. The molecule has 1 unspecified atom stereocenters. The summed E-state index contributed by atoms with van der Waals surface area (Å²) in [5, 5.41) is 9.27. The number of carboxylic acid groups (broad SMARTS) is 1. The average Bonchev–Trinajstić information content (AvgIpc) is 2.94. The largest absolute Gasteiger partial charge is 0.494 e. The molecule has 0 bridgehead atoms. The first-order valence-corrected chi connectivity index (χ1v) is 13.8. The smallest absolute Gasteiger partial charge is 0.343 e. The predicted octanol–water partition coefficient (Wildman–Crippen LogP) is 7.75. The van der Waals surface area contributed by atoms with E-state index in [2.05, 4.69) is 13.8 Å². The number of benzene rings is 3. The highest BCUT2D eigenvalue weighted by atomic mass is 16.5. The van der Waals surface area contributed by atoms with Gasteiger partial charge < -0.3 is 14.6 Å². The first-order valence-electron chi connectivity index (χ1n) is 13.8. The molecule has 38 heavy (non-hydrogen) atoms. The maximum Gasteiger partial charge on any atom is 0.343 e. The number of carboxylic acids is 1. The molecular formula is C33H38O5. The van der Waals surface area contributed by atoms with Crippen molar-refractivity contribution in [1.29, 1.82) is 0 Å². The monoisotopic (exact) mass is 514 g/mol. The molecule has 0 amide bonds. The number of esters is 1. The standard InChI is InChI=1S/C33H38O5/c1-3-23(2)7-5-4-6-20-37-30-17-14-25(15-18-30)24-8-10-26(11-9-24)33(36)38-31-19-16-27-21-29(32(34)35)13-12-28(27)22-31/h8-11,14-19,22-23,29H,3-7,12-13,20-21H2,1-2H3,(H,34,35)/t23-,29?/m1/s1. The zero-order valence-corrected chi connectivity index (χ0v) is 22.4. The number of aryl methyl sites for hydroxylation is 1. The fraction of sp³-hybridized carbons (Fsp3) is 0.394. The molecule has 0 spiro atoms. The Balaban J connectivity index is 1.27. The van der Waals surface area contributed by atoms with Crippen LogP contribution in [0, 0.1) is 11.8 Å². The van der Waals surface area contributed by atoms with E-state index < -0.39 is 11.9 Å². The van der Waals surface area contributed by atoms with Crippen LogP contribution in [0.15, 0.2) is 66.7 Å². The van der Waals surface area contributed by atoms with Crippen molar-refractivity contribution in [3.05, 3.63) is 83.4 Å². The molecule has 3 aromatic carbocycles. The van der Waals surface area contributed by atoms with Crippen molar-refractivity contribution >= 4 is 11.9 Å². The minimum atomic E-state index is -0.753. The molecule has 0 aliphatic heterocycles. The van der Waals surface area contributed by atoms with E-state index in [9.17, 15) is 14.7 Å². The maximum absolute atomic E-state index is 12.7. The molecule has 0 radical (unpaired) electrons. The van der Waals surface area contributed by atoms with E-state index in [1.165, 1.54) is 25.7 Å². The average molecular weight is 515 g/mol. The second kappa shape index (κ2) is 13.3. The SMILES string of the molecule is CC[C@@H](C)CCCCCOc1ccc(-c2ccc(C(=O)Oc3ccc4c(c3)CCC(C(=O)O)C4)cc2)cc1. The third-order valence-corrected chi connectivity index (χ3v) is 7.58. The van der Waals surface area contributed by atoms with Crippen molar-refractivity contribution in [2.45, 2.75) is 65.2 Å². The minimum absolute atomic E-state index is 0.340.